The van der Waals surface area contributed by atoms with E-state index in [2.05, 4.69) is 10.6 Å². The zero-order valence-electron chi connectivity index (χ0n) is 19.8. The number of carbonyl (C=O) groups is 4. The standard InChI is InChI=1S/C24H34N6O4/c1-15(2)13-18(27-22(32)16-3-5-17(25)6-4-16)23(33)29-10-7-19-21(29)20(31)14-30(19)24(34)28-11-8-26-9-12-28/h3-6,15,18-19,21,26H,7-14,25H2,1-2H3,(H,27,32). The summed E-state index contributed by atoms with van der Waals surface area (Å²) in [6.45, 7) is 7.06. The fraction of sp³-hybridized carbons (Fsp3) is 0.583. The lowest BCUT2D eigenvalue weighted by atomic mass is 10.0. The van der Waals surface area contributed by atoms with Crippen LogP contribution in [0.5, 0.6) is 0 Å². The molecule has 3 unspecified atom stereocenters. The Hall–Kier alpha value is -3.14. The van der Waals surface area contributed by atoms with Crippen LogP contribution in [0.2, 0.25) is 0 Å². The third-order valence-electron chi connectivity index (χ3n) is 6.82. The Morgan fingerprint density at radius 3 is 2.41 bits per heavy atom. The van der Waals surface area contributed by atoms with E-state index in [-0.39, 0.29) is 42.1 Å². The molecule has 1 aromatic rings. The molecule has 4 amide bonds. The summed E-state index contributed by atoms with van der Waals surface area (Å²) in [6.07, 6.45) is 1.01. The van der Waals surface area contributed by atoms with Crippen molar-refractivity contribution < 1.29 is 19.2 Å². The predicted octanol–water partition coefficient (Wildman–Crippen LogP) is 0.293. The number of likely N-dealkylation sites (tertiary alicyclic amines) is 2. The van der Waals surface area contributed by atoms with E-state index in [4.69, 9.17) is 5.73 Å². The van der Waals surface area contributed by atoms with Crippen LogP contribution in [0.15, 0.2) is 24.3 Å². The molecule has 34 heavy (non-hydrogen) atoms. The van der Waals surface area contributed by atoms with Gasteiger partial charge >= 0.3 is 6.03 Å². The van der Waals surface area contributed by atoms with Gasteiger partial charge in [-0.1, -0.05) is 13.8 Å². The van der Waals surface area contributed by atoms with Crippen molar-refractivity contribution in [1.82, 2.24) is 25.3 Å². The molecule has 184 valence electrons. The monoisotopic (exact) mass is 470 g/mol. The number of nitrogens with one attached hydrogen (secondary N) is 2. The molecule has 3 aliphatic heterocycles. The van der Waals surface area contributed by atoms with Gasteiger partial charge in [-0.05, 0) is 43.0 Å². The van der Waals surface area contributed by atoms with E-state index in [1.54, 1.807) is 39.0 Å². The van der Waals surface area contributed by atoms with Gasteiger partial charge < -0.3 is 31.1 Å². The first-order chi connectivity index (χ1) is 16.3. The van der Waals surface area contributed by atoms with E-state index in [0.29, 0.717) is 43.7 Å². The lowest BCUT2D eigenvalue weighted by Crippen LogP contribution is -2.54. The van der Waals surface area contributed by atoms with Crippen LogP contribution in [-0.4, -0.2) is 95.7 Å². The van der Waals surface area contributed by atoms with Gasteiger partial charge in [-0.15, -0.1) is 0 Å². The first-order valence-corrected chi connectivity index (χ1v) is 12.0. The molecule has 1 aromatic carbocycles. The smallest absolute Gasteiger partial charge is 0.320 e. The number of nitrogens with two attached hydrogens (primary N) is 1. The van der Waals surface area contributed by atoms with Crippen LogP contribution in [0.25, 0.3) is 0 Å². The summed E-state index contributed by atoms with van der Waals surface area (Å²) < 4.78 is 0. The summed E-state index contributed by atoms with van der Waals surface area (Å²) in [7, 11) is 0. The van der Waals surface area contributed by atoms with Crippen LogP contribution >= 0.6 is 0 Å². The number of rotatable bonds is 5. The lowest BCUT2D eigenvalue weighted by molar-refractivity contribution is -0.138. The number of fused-ring (bicyclic) bond motifs is 1. The number of Topliss-reactive ketones (excluding diaryl/α,β-unsaturated/α-hetero) is 1. The predicted molar refractivity (Wildman–Crippen MR) is 127 cm³/mol. The van der Waals surface area contributed by atoms with E-state index in [1.807, 2.05) is 13.8 Å². The molecule has 10 heteroatoms. The van der Waals surface area contributed by atoms with Crippen LogP contribution in [0.4, 0.5) is 10.5 Å². The second-order valence-electron chi connectivity index (χ2n) is 9.72. The van der Waals surface area contributed by atoms with Crippen LogP contribution < -0.4 is 16.4 Å². The average molecular weight is 471 g/mol. The highest BCUT2D eigenvalue weighted by molar-refractivity contribution is 6.00. The van der Waals surface area contributed by atoms with Crippen LogP contribution in [0.3, 0.4) is 0 Å². The summed E-state index contributed by atoms with van der Waals surface area (Å²) >= 11 is 0. The molecule has 3 aliphatic rings. The summed E-state index contributed by atoms with van der Waals surface area (Å²) in [5, 5.41) is 6.09. The minimum Gasteiger partial charge on any atom is -0.399 e. The number of nitrogens with zero attached hydrogens (tertiary/aromatic N) is 3. The minimum atomic E-state index is -0.755. The number of benzene rings is 1. The van der Waals surface area contributed by atoms with Gasteiger partial charge in [0, 0.05) is 44.0 Å². The third kappa shape index (κ3) is 4.86. The molecular formula is C24H34N6O4. The van der Waals surface area contributed by atoms with E-state index >= 15 is 0 Å². The fourth-order valence-corrected chi connectivity index (χ4v) is 5.13. The molecular weight excluding hydrogens is 436 g/mol. The van der Waals surface area contributed by atoms with E-state index < -0.39 is 12.1 Å². The van der Waals surface area contributed by atoms with Gasteiger partial charge in [0.05, 0.1) is 12.6 Å². The molecule has 0 bridgehead atoms. The second-order valence-corrected chi connectivity index (χ2v) is 9.72. The van der Waals surface area contributed by atoms with Crippen molar-refractivity contribution >= 4 is 29.3 Å². The number of piperazine rings is 1. The number of hydrogen-bond donors (Lipinski definition) is 3. The van der Waals surface area contributed by atoms with Crippen LogP contribution in [0, 0.1) is 5.92 Å². The third-order valence-corrected chi connectivity index (χ3v) is 6.82. The Kier molecular flexibility index (Phi) is 7.06. The first-order valence-electron chi connectivity index (χ1n) is 12.0. The maximum Gasteiger partial charge on any atom is 0.320 e. The van der Waals surface area contributed by atoms with Gasteiger partial charge in [-0.3, -0.25) is 14.4 Å². The van der Waals surface area contributed by atoms with Crippen LogP contribution in [0.1, 0.15) is 37.0 Å². The molecule has 0 saturated carbocycles. The van der Waals surface area contributed by atoms with Gasteiger partial charge in [0.1, 0.15) is 12.1 Å². The van der Waals surface area contributed by atoms with E-state index in [0.717, 1.165) is 13.1 Å². The largest absolute Gasteiger partial charge is 0.399 e. The molecule has 0 aromatic heterocycles. The number of anilines is 1. The van der Waals surface area contributed by atoms with Crippen molar-refractivity contribution in [2.24, 2.45) is 5.92 Å². The second kappa shape index (κ2) is 10.0. The Labute approximate surface area is 199 Å². The SMILES string of the molecule is CC(C)CC(NC(=O)c1ccc(N)cc1)C(=O)N1CCC2C1C(=O)CN2C(=O)N1CCNCC1. The van der Waals surface area contributed by atoms with Crippen molar-refractivity contribution in [3.05, 3.63) is 29.8 Å². The molecule has 10 nitrogen and oxygen atoms in total. The summed E-state index contributed by atoms with van der Waals surface area (Å²) in [5.41, 5.74) is 6.68. The molecule has 0 radical (unpaired) electrons. The molecule has 4 rings (SSSR count). The van der Waals surface area contributed by atoms with Crippen molar-refractivity contribution in [2.45, 2.75) is 44.8 Å². The van der Waals surface area contributed by atoms with Gasteiger partial charge in [-0.25, -0.2) is 4.79 Å². The van der Waals surface area contributed by atoms with E-state index in [1.165, 1.54) is 0 Å². The highest BCUT2D eigenvalue weighted by Crippen LogP contribution is 2.31. The maximum absolute atomic E-state index is 13.6. The molecule has 3 fully saturated rings. The number of ketones is 1. The highest BCUT2D eigenvalue weighted by atomic mass is 16.2. The Bertz CT molecular complexity index is 943. The van der Waals surface area contributed by atoms with Gasteiger partial charge in [-0.2, -0.15) is 0 Å². The van der Waals surface area contributed by atoms with Crippen molar-refractivity contribution in [1.29, 1.82) is 0 Å². The number of carbonyl (C=O) groups excluding carboxylic acids is 4. The number of hydrogen-bond acceptors (Lipinski definition) is 6. The topological polar surface area (TPSA) is 128 Å². The van der Waals surface area contributed by atoms with Crippen molar-refractivity contribution in [3.63, 3.8) is 0 Å². The maximum atomic E-state index is 13.6. The molecule has 3 heterocycles. The number of nitrogen functional groups attached to an aromatic ring is 1. The normalized spacial score (nSPS) is 23.3. The van der Waals surface area contributed by atoms with Crippen molar-refractivity contribution in [3.8, 4) is 0 Å². The Balaban J connectivity index is 1.47. The van der Waals surface area contributed by atoms with Gasteiger partial charge in [0.15, 0.2) is 5.78 Å². The highest BCUT2D eigenvalue weighted by Gasteiger charge is 2.52. The summed E-state index contributed by atoms with van der Waals surface area (Å²) in [5.74, 6) is -0.588. The minimum absolute atomic E-state index is 0.0223. The van der Waals surface area contributed by atoms with Crippen LogP contribution in [-0.2, 0) is 9.59 Å². The molecule has 3 saturated heterocycles. The molecule has 3 atom stereocenters. The number of urea groups is 1. The van der Waals surface area contributed by atoms with Crippen molar-refractivity contribution in [2.75, 3.05) is 45.0 Å². The van der Waals surface area contributed by atoms with Gasteiger partial charge in [0.25, 0.3) is 5.91 Å². The van der Waals surface area contributed by atoms with Gasteiger partial charge in [0.2, 0.25) is 5.91 Å². The number of amides is 4. The quantitative estimate of drug-likeness (QED) is 0.531. The summed E-state index contributed by atoms with van der Waals surface area (Å²) in [6, 6.07) is 4.66. The molecule has 4 N–H and O–H groups in total. The Morgan fingerprint density at radius 1 is 1.09 bits per heavy atom. The average Bonchev–Trinajstić information content (AvgIpc) is 3.39. The summed E-state index contributed by atoms with van der Waals surface area (Å²) in [4.78, 5) is 57.4. The molecule has 0 aliphatic carbocycles. The Morgan fingerprint density at radius 2 is 1.76 bits per heavy atom. The zero-order valence-corrected chi connectivity index (χ0v) is 19.8. The fourth-order valence-electron chi connectivity index (χ4n) is 5.13. The lowest BCUT2D eigenvalue weighted by Gasteiger charge is -2.33. The zero-order chi connectivity index (χ0) is 24.4. The molecule has 0 spiro atoms. The van der Waals surface area contributed by atoms with E-state index in [9.17, 15) is 19.2 Å². The first kappa shape index (κ1) is 24.0.